The van der Waals surface area contributed by atoms with Gasteiger partial charge in [-0.2, -0.15) is 0 Å². The van der Waals surface area contributed by atoms with Gasteiger partial charge in [-0.25, -0.2) is 9.59 Å². The van der Waals surface area contributed by atoms with Crippen molar-refractivity contribution in [1.82, 2.24) is 4.90 Å². The summed E-state index contributed by atoms with van der Waals surface area (Å²) >= 11 is 0. The van der Waals surface area contributed by atoms with Crippen LogP contribution in [0.1, 0.15) is 38.2 Å². The number of carbonyl (C=O) groups is 3. The molecule has 0 aliphatic carbocycles. The van der Waals surface area contributed by atoms with E-state index in [2.05, 4.69) is 6.58 Å². The van der Waals surface area contributed by atoms with Gasteiger partial charge in [0.15, 0.2) is 0 Å². The second-order valence-corrected chi connectivity index (χ2v) is 6.74. The number of benzene rings is 1. The Balaban J connectivity index is 1.59. The molecule has 7 heteroatoms. The average molecular weight is 389 g/mol. The fraction of sp³-hybridized carbons (Fsp3) is 0.476. The van der Waals surface area contributed by atoms with E-state index in [9.17, 15) is 14.4 Å². The van der Waals surface area contributed by atoms with Crippen LogP contribution in [0.25, 0.3) is 0 Å². The lowest BCUT2D eigenvalue weighted by molar-refractivity contribution is -0.152. The average Bonchev–Trinajstić information content (AvgIpc) is 2.70. The van der Waals surface area contributed by atoms with Crippen LogP contribution < -0.4 is 0 Å². The molecule has 28 heavy (non-hydrogen) atoms. The maximum absolute atomic E-state index is 12.1. The first kappa shape index (κ1) is 21.5. The van der Waals surface area contributed by atoms with E-state index in [-0.39, 0.29) is 37.8 Å². The van der Waals surface area contributed by atoms with Gasteiger partial charge in [0.2, 0.25) is 0 Å². The molecule has 1 saturated heterocycles. The standard InChI is InChI=1S/C21H27NO6/c1-16(2)20(24)26-14-6-9-19(23)28-18-10-12-22(13-11-18)21(25)27-15-17-7-4-3-5-8-17/h3-5,7-8,18H,1,6,9-15H2,2H3. The number of hydrogen-bond acceptors (Lipinski definition) is 6. The minimum Gasteiger partial charge on any atom is -0.462 e. The van der Waals surface area contributed by atoms with E-state index >= 15 is 0 Å². The number of piperidine rings is 1. The summed E-state index contributed by atoms with van der Waals surface area (Å²) in [4.78, 5) is 36.9. The molecule has 1 aliphatic rings. The molecule has 0 spiro atoms. The summed E-state index contributed by atoms with van der Waals surface area (Å²) in [7, 11) is 0. The molecule has 0 radical (unpaired) electrons. The molecule has 0 saturated carbocycles. The number of carbonyl (C=O) groups excluding carboxylic acids is 3. The largest absolute Gasteiger partial charge is 0.462 e. The van der Waals surface area contributed by atoms with Crippen LogP contribution in [0.5, 0.6) is 0 Å². The number of hydrogen-bond donors (Lipinski definition) is 0. The zero-order chi connectivity index (χ0) is 20.4. The van der Waals surface area contributed by atoms with Gasteiger partial charge in [0.1, 0.15) is 12.7 Å². The molecule has 0 N–H and O–H groups in total. The van der Waals surface area contributed by atoms with Crippen molar-refractivity contribution < 1.29 is 28.6 Å². The number of amides is 1. The highest BCUT2D eigenvalue weighted by atomic mass is 16.6. The van der Waals surface area contributed by atoms with E-state index in [1.165, 1.54) is 0 Å². The molecule has 152 valence electrons. The summed E-state index contributed by atoms with van der Waals surface area (Å²) in [5.74, 6) is -0.781. The maximum Gasteiger partial charge on any atom is 0.410 e. The highest BCUT2D eigenvalue weighted by Gasteiger charge is 2.26. The second-order valence-electron chi connectivity index (χ2n) is 6.74. The van der Waals surface area contributed by atoms with Gasteiger partial charge in [-0.3, -0.25) is 4.79 Å². The minimum absolute atomic E-state index is 0.159. The zero-order valence-corrected chi connectivity index (χ0v) is 16.2. The lowest BCUT2D eigenvalue weighted by Crippen LogP contribution is -2.41. The fourth-order valence-electron chi connectivity index (χ4n) is 2.72. The van der Waals surface area contributed by atoms with E-state index in [4.69, 9.17) is 14.2 Å². The van der Waals surface area contributed by atoms with Crippen molar-refractivity contribution in [2.45, 2.75) is 45.3 Å². The van der Waals surface area contributed by atoms with Crippen molar-refractivity contribution in [3.63, 3.8) is 0 Å². The Bertz CT molecular complexity index is 679. The lowest BCUT2D eigenvalue weighted by Gasteiger charge is -2.31. The molecule has 2 rings (SSSR count). The molecule has 1 heterocycles. The van der Waals surface area contributed by atoms with Gasteiger partial charge in [-0.1, -0.05) is 36.9 Å². The predicted molar refractivity (Wildman–Crippen MR) is 102 cm³/mol. The molecule has 1 amide bonds. The first-order valence-electron chi connectivity index (χ1n) is 9.43. The number of ether oxygens (including phenoxy) is 3. The number of likely N-dealkylation sites (tertiary alicyclic amines) is 1. The van der Waals surface area contributed by atoms with Crippen molar-refractivity contribution in [3.05, 3.63) is 48.0 Å². The molecular weight excluding hydrogens is 362 g/mol. The summed E-state index contributed by atoms with van der Waals surface area (Å²) in [6.07, 6.45) is 1.19. The van der Waals surface area contributed by atoms with Crippen LogP contribution in [0.4, 0.5) is 4.79 Å². The van der Waals surface area contributed by atoms with Gasteiger partial charge < -0.3 is 19.1 Å². The molecule has 1 fully saturated rings. The van der Waals surface area contributed by atoms with Gasteiger partial charge in [-0.05, 0) is 18.9 Å². The number of nitrogens with zero attached hydrogens (tertiary/aromatic N) is 1. The van der Waals surface area contributed by atoms with Crippen LogP contribution in [0.15, 0.2) is 42.5 Å². The summed E-state index contributed by atoms with van der Waals surface area (Å²) in [5.41, 5.74) is 1.27. The van der Waals surface area contributed by atoms with Crippen molar-refractivity contribution in [2.24, 2.45) is 0 Å². The maximum atomic E-state index is 12.1. The number of rotatable bonds is 8. The van der Waals surface area contributed by atoms with Gasteiger partial charge >= 0.3 is 18.0 Å². The quantitative estimate of drug-likeness (QED) is 0.294. The normalized spacial score (nSPS) is 14.2. The van der Waals surface area contributed by atoms with Gasteiger partial charge in [0.05, 0.1) is 6.61 Å². The van der Waals surface area contributed by atoms with E-state index in [1.807, 2.05) is 30.3 Å². The predicted octanol–water partition coefficient (Wildman–Crippen LogP) is 3.23. The minimum atomic E-state index is -0.458. The topological polar surface area (TPSA) is 82.1 Å². The van der Waals surface area contributed by atoms with Crippen molar-refractivity contribution in [2.75, 3.05) is 19.7 Å². The number of esters is 2. The smallest absolute Gasteiger partial charge is 0.410 e. The van der Waals surface area contributed by atoms with E-state index < -0.39 is 5.97 Å². The van der Waals surface area contributed by atoms with Crippen LogP contribution in [0, 0.1) is 0 Å². The van der Waals surface area contributed by atoms with Crippen LogP contribution in [0.3, 0.4) is 0 Å². The van der Waals surface area contributed by atoms with Crippen molar-refractivity contribution in [1.29, 1.82) is 0 Å². The Morgan fingerprint density at radius 1 is 1.11 bits per heavy atom. The van der Waals surface area contributed by atoms with E-state index in [0.29, 0.717) is 37.9 Å². The summed E-state index contributed by atoms with van der Waals surface area (Å²) in [6.45, 7) is 6.43. The molecule has 1 aromatic carbocycles. The monoisotopic (exact) mass is 389 g/mol. The second kappa shape index (κ2) is 11.1. The molecule has 0 bridgehead atoms. The third-order valence-corrected chi connectivity index (χ3v) is 4.31. The first-order valence-corrected chi connectivity index (χ1v) is 9.43. The highest BCUT2D eigenvalue weighted by molar-refractivity contribution is 5.86. The summed E-state index contributed by atoms with van der Waals surface area (Å²) in [6, 6.07) is 9.50. The van der Waals surface area contributed by atoms with Crippen molar-refractivity contribution >= 4 is 18.0 Å². The molecule has 1 aliphatic heterocycles. The Hall–Kier alpha value is -2.83. The highest BCUT2D eigenvalue weighted by Crippen LogP contribution is 2.16. The van der Waals surface area contributed by atoms with Crippen LogP contribution in [0.2, 0.25) is 0 Å². The Morgan fingerprint density at radius 3 is 2.43 bits per heavy atom. The third-order valence-electron chi connectivity index (χ3n) is 4.31. The van der Waals surface area contributed by atoms with Gasteiger partial charge in [0, 0.05) is 37.9 Å². The Morgan fingerprint density at radius 2 is 1.79 bits per heavy atom. The van der Waals surface area contributed by atoms with E-state index in [1.54, 1.807) is 11.8 Å². The lowest BCUT2D eigenvalue weighted by atomic mass is 10.1. The Kier molecular flexibility index (Phi) is 8.52. The molecule has 0 unspecified atom stereocenters. The Labute approximate surface area is 165 Å². The molecule has 1 aromatic rings. The molecular formula is C21H27NO6. The van der Waals surface area contributed by atoms with Crippen LogP contribution in [-0.4, -0.2) is 48.7 Å². The summed E-state index contributed by atoms with van der Waals surface area (Å²) < 4.78 is 15.7. The van der Waals surface area contributed by atoms with E-state index in [0.717, 1.165) is 5.56 Å². The molecule has 7 nitrogen and oxygen atoms in total. The molecule has 0 aromatic heterocycles. The fourth-order valence-corrected chi connectivity index (χ4v) is 2.72. The van der Waals surface area contributed by atoms with Crippen LogP contribution >= 0.6 is 0 Å². The third kappa shape index (κ3) is 7.42. The molecule has 0 atom stereocenters. The zero-order valence-electron chi connectivity index (χ0n) is 16.2. The van der Waals surface area contributed by atoms with Crippen LogP contribution in [-0.2, 0) is 30.4 Å². The SMILES string of the molecule is C=C(C)C(=O)OCCCC(=O)OC1CCN(C(=O)OCc2ccccc2)CC1. The summed E-state index contributed by atoms with van der Waals surface area (Å²) in [5, 5.41) is 0. The van der Waals surface area contributed by atoms with Gasteiger partial charge in [-0.15, -0.1) is 0 Å². The van der Waals surface area contributed by atoms with Gasteiger partial charge in [0.25, 0.3) is 0 Å². The first-order chi connectivity index (χ1) is 13.5. The van der Waals surface area contributed by atoms with Crippen molar-refractivity contribution in [3.8, 4) is 0 Å².